The number of rotatable bonds is 4. The Hall–Kier alpha value is -2.83. The second-order valence-corrected chi connectivity index (χ2v) is 9.24. The Morgan fingerprint density at radius 2 is 1.72 bits per heavy atom. The number of benzene rings is 2. The molecule has 1 spiro atoms. The lowest BCUT2D eigenvalue weighted by molar-refractivity contribution is -0.138. The molecule has 1 aliphatic carbocycles. The van der Waals surface area contributed by atoms with Gasteiger partial charge in [-0.2, -0.15) is 13.2 Å². The van der Waals surface area contributed by atoms with Crippen molar-refractivity contribution in [3.05, 3.63) is 64.7 Å². The molecule has 1 unspecified atom stereocenters. The zero-order valence-corrected chi connectivity index (χ0v) is 18.3. The van der Waals surface area contributed by atoms with Gasteiger partial charge in [-0.1, -0.05) is 24.3 Å². The number of nitrogens with zero attached hydrogens (tertiary/aromatic N) is 1. The summed E-state index contributed by atoms with van der Waals surface area (Å²) < 4.78 is 38.7. The number of carbonyl (C=O) groups excluding carboxylic acids is 2. The SMILES string of the molecule is Cc1cc(C)cc(NC(=O)C2CC23CCN(C(=O)Cc2cccc(C(F)(F)F)c2)CC3)c1. The van der Waals surface area contributed by atoms with E-state index >= 15 is 0 Å². The molecule has 0 bridgehead atoms. The van der Waals surface area contributed by atoms with Crippen LogP contribution in [0.2, 0.25) is 0 Å². The second-order valence-electron chi connectivity index (χ2n) is 9.24. The highest BCUT2D eigenvalue weighted by molar-refractivity contribution is 5.95. The fourth-order valence-electron chi connectivity index (χ4n) is 4.89. The Balaban J connectivity index is 1.31. The number of carbonyl (C=O) groups is 2. The minimum Gasteiger partial charge on any atom is -0.342 e. The fraction of sp³-hybridized carbons (Fsp3) is 0.440. The van der Waals surface area contributed by atoms with E-state index in [2.05, 4.69) is 11.4 Å². The van der Waals surface area contributed by atoms with Crippen molar-refractivity contribution in [1.82, 2.24) is 4.90 Å². The second kappa shape index (κ2) is 8.26. The molecule has 1 atom stereocenters. The van der Waals surface area contributed by atoms with Gasteiger partial charge in [-0.05, 0) is 73.4 Å². The van der Waals surface area contributed by atoms with Crippen molar-refractivity contribution in [2.75, 3.05) is 18.4 Å². The minimum absolute atomic E-state index is 0.0266. The molecular formula is C25H27F3N2O2. The zero-order valence-electron chi connectivity index (χ0n) is 18.3. The van der Waals surface area contributed by atoms with Crippen LogP contribution in [0.1, 0.15) is 41.5 Å². The van der Waals surface area contributed by atoms with Crippen LogP contribution in [0.5, 0.6) is 0 Å². The van der Waals surface area contributed by atoms with Crippen molar-refractivity contribution in [1.29, 1.82) is 0 Å². The lowest BCUT2D eigenvalue weighted by Crippen LogP contribution is -2.41. The monoisotopic (exact) mass is 444 g/mol. The average Bonchev–Trinajstić information content (AvgIpc) is 3.40. The first-order chi connectivity index (χ1) is 15.1. The summed E-state index contributed by atoms with van der Waals surface area (Å²) in [5, 5.41) is 3.03. The predicted molar refractivity (Wildman–Crippen MR) is 116 cm³/mol. The van der Waals surface area contributed by atoms with Crippen LogP contribution in [0.4, 0.5) is 18.9 Å². The molecule has 2 aliphatic rings. The molecule has 2 aromatic rings. The number of hydrogen-bond donors (Lipinski definition) is 1. The molecule has 4 nitrogen and oxygen atoms in total. The summed E-state index contributed by atoms with van der Waals surface area (Å²) in [5.74, 6) is -0.196. The van der Waals surface area contributed by atoms with Gasteiger partial charge in [0, 0.05) is 24.7 Å². The molecular weight excluding hydrogens is 417 g/mol. The fourth-order valence-corrected chi connectivity index (χ4v) is 4.89. The highest BCUT2D eigenvalue weighted by Crippen LogP contribution is 2.59. The van der Waals surface area contributed by atoms with Crippen molar-refractivity contribution in [2.45, 2.75) is 45.7 Å². The van der Waals surface area contributed by atoms with Crippen LogP contribution < -0.4 is 5.32 Å². The van der Waals surface area contributed by atoms with Crippen LogP contribution in [0.3, 0.4) is 0 Å². The molecule has 7 heteroatoms. The van der Waals surface area contributed by atoms with Crippen LogP contribution in [0, 0.1) is 25.2 Å². The van der Waals surface area contributed by atoms with E-state index in [4.69, 9.17) is 0 Å². The minimum atomic E-state index is -4.42. The van der Waals surface area contributed by atoms with E-state index in [0.29, 0.717) is 18.7 Å². The summed E-state index contributed by atoms with van der Waals surface area (Å²) in [7, 11) is 0. The van der Waals surface area contributed by atoms with Gasteiger partial charge in [0.2, 0.25) is 11.8 Å². The van der Waals surface area contributed by atoms with Crippen LogP contribution in [-0.2, 0) is 22.2 Å². The van der Waals surface area contributed by atoms with Crippen LogP contribution >= 0.6 is 0 Å². The largest absolute Gasteiger partial charge is 0.416 e. The quantitative estimate of drug-likeness (QED) is 0.711. The first kappa shape index (κ1) is 22.4. The number of hydrogen-bond acceptors (Lipinski definition) is 2. The summed E-state index contributed by atoms with van der Waals surface area (Å²) in [6.07, 6.45) is -2.17. The highest BCUT2D eigenvalue weighted by atomic mass is 19.4. The van der Waals surface area contributed by atoms with Gasteiger partial charge in [0.15, 0.2) is 0 Å². The molecule has 1 N–H and O–H groups in total. The molecule has 32 heavy (non-hydrogen) atoms. The molecule has 2 amide bonds. The Kier molecular flexibility index (Phi) is 5.77. The summed E-state index contributed by atoms with van der Waals surface area (Å²) in [6, 6.07) is 10.9. The third-order valence-electron chi connectivity index (χ3n) is 6.72. The topological polar surface area (TPSA) is 49.4 Å². The maximum Gasteiger partial charge on any atom is 0.416 e. The van der Waals surface area contributed by atoms with E-state index in [9.17, 15) is 22.8 Å². The van der Waals surface area contributed by atoms with Crippen molar-refractivity contribution in [3.8, 4) is 0 Å². The first-order valence-corrected chi connectivity index (χ1v) is 10.9. The normalized spacial score (nSPS) is 19.7. The van der Waals surface area contributed by atoms with Gasteiger partial charge in [0.1, 0.15) is 0 Å². The molecule has 1 saturated carbocycles. The van der Waals surface area contributed by atoms with E-state index in [1.165, 1.54) is 6.07 Å². The van der Waals surface area contributed by atoms with Crippen molar-refractivity contribution >= 4 is 17.5 Å². The summed E-state index contributed by atoms with van der Waals surface area (Å²) in [6.45, 7) is 5.05. The van der Waals surface area contributed by atoms with Crippen LogP contribution in [-0.4, -0.2) is 29.8 Å². The summed E-state index contributed by atoms with van der Waals surface area (Å²) in [4.78, 5) is 27.1. The molecule has 4 rings (SSSR count). The van der Waals surface area contributed by atoms with Gasteiger partial charge >= 0.3 is 6.18 Å². The Labute approximate surface area is 185 Å². The molecule has 2 aromatic carbocycles. The van der Waals surface area contributed by atoms with E-state index < -0.39 is 11.7 Å². The number of piperidine rings is 1. The Morgan fingerprint density at radius 1 is 1.06 bits per heavy atom. The van der Waals surface area contributed by atoms with Crippen molar-refractivity contribution in [2.24, 2.45) is 11.3 Å². The summed E-state index contributed by atoms with van der Waals surface area (Å²) >= 11 is 0. The van der Waals surface area contributed by atoms with E-state index in [-0.39, 0.29) is 29.6 Å². The van der Waals surface area contributed by atoms with Gasteiger partial charge in [0.25, 0.3) is 0 Å². The van der Waals surface area contributed by atoms with E-state index in [1.54, 1.807) is 11.0 Å². The number of halogens is 3. The zero-order chi connectivity index (χ0) is 23.1. The third-order valence-corrected chi connectivity index (χ3v) is 6.72. The van der Waals surface area contributed by atoms with E-state index in [0.717, 1.165) is 48.2 Å². The predicted octanol–water partition coefficient (Wildman–Crippen LogP) is 5.13. The highest BCUT2D eigenvalue weighted by Gasteiger charge is 2.58. The van der Waals surface area contributed by atoms with Crippen LogP contribution in [0.15, 0.2) is 42.5 Å². The number of amides is 2. The number of alkyl halides is 3. The van der Waals surface area contributed by atoms with Gasteiger partial charge in [-0.15, -0.1) is 0 Å². The molecule has 1 saturated heterocycles. The van der Waals surface area contributed by atoms with Gasteiger partial charge < -0.3 is 10.2 Å². The van der Waals surface area contributed by atoms with E-state index in [1.807, 2.05) is 26.0 Å². The van der Waals surface area contributed by atoms with Gasteiger partial charge in [0.05, 0.1) is 12.0 Å². The molecule has 1 heterocycles. The maximum atomic E-state index is 12.9. The molecule has 1 aliphatic heterocycles. The molecule has 0 aromatic heterocycles. The molecule has 170 valence electrons. The number of likely N-dealkylation sites (tertiary alicyclic amines) is 1. The smallest absolute Gasteiger partial charge is 0.342 e. The standard InChI is InChI=1S/C25H27F3N2O2/c1-16-10-17(2)12-20(11-16)29-23(32)21-15-24(21)6-8-30(9-7-24)22(31)14-18-4-3-5-19(13-18)25(26,27)28/h3-5,10-13,21H,6-9,14-15H2,1-2H3,(H,29,32). The molecule has 2 fully saturated rings. The summed E-state index contributed by atoms with van der Waals surface area (Å²) in [5.41, 5.74) is 2.56. The maximum absolute atomic E-state index is 12.9. The Bertz CT molecular complexity index is 1020. The number of aryl methyl sites for hydroxylation is 2. The van der Waals surface area contributed by atoms with Gasteiger partial charge in [-0.3, -0.25) is 9.59 Å². The Morgan fingerprint density at radius 3 is 2.34 bits per heavy atom. The lowest BCUT2D eigenvalue weighted by atomic mass is 9.90. The molecule has 0 radical (unpaired) electrons. The number of nitrogens with one attached hydrogen (secondary N) is 1. The number of anilines is 1. The van der Waals surface area contributed by atoms with Crippen molar-refractivity contribution in [3.63, 3.8) is 0 Å². The third kappa shape index (κ3) is 4.81. The average molecular weight is 444 g/mol. The first-order valence-electron chi connectivity index (χ1n) is 10.9. The van der Waals surface area contributed by atoms with Gasteiger partial charge in [-0.25, -0.2) is 0 Å². The lowest BCUT2D eigenvalue weighted by Gasteiger charge is -2.33. The van der Waals surface area contributed by atoms with Crippen LogP contribution in [0.25, 0.3) is 0 Å². The van der Waals surface area contributed by atoms with Crippen molar-refractivity contribution < 1.29 is 22.8 Å².